The highest BCUT2D eigenvalue weighted by Gasteiger charge is 2.38. The largest absolute Gasteiger partial charge is 0.337 e. The number of amides is 1. The number of hydrogen-bond acceptors (Lipinski definition) is 4. The van der Waals surface area contributed by atoms with Crippen LogP contribution in [0.4, 0.5) is 0 Å². The Bertz CT molecular complexity index is 639. The van der Waals surface area contributed by atoms with Crippen molar-refractivity contribution in [1.82, 2.24) is 19.8 Å². The molecule has 5 heteroatoms. The molecule has 1 aromatic rings. The average molecular weight is 357 g/mol. The lowest BCUT2D eigenvalue weighted by molar-refractivity contribution is 0.0772. The molecule has 3 fully saturated rings. The van der Waals surface area contributed by atoms with Gasteiger partial charge in [0.2, 0.25) is 0 Å². The SMILES string of the molecule is Cc1ncnc(C(=O)N2C[C@H]3CCN(CC4CCCC4)CC[C@H]3C2)c1C. The predicted molar refractivity (Wildman–Crippen MR) is 102 cm³/mol. The summed E-state index contributed by atoms with van der Waals surface area (Å²) in [4.78, 5) is 26.2. The van der Waals surface area contributed by atoms with Gasteiger partial charge in [-0.05, 0) is 70.4 Å². The molecule has 1 aliphatic carbocycles. The van der Waals surface area contributed by atoms with E-state index in [0.717, 1.165) is 30.3 Å². The number of carbonyl (C=O) groups is 1. The van der Waals surface area contributed by atoms with Crippen LogP contribution in [0.2, 0.25) is 0 Å². The van der Waals surface area contributed by atoms with Crippen LogP contribution in [-0.4, -0.2) is 58.4 Å². The Labute approximate surface area is 157 Å². The van der Waals surface area contributed by atoms with Crippen LogP contribution in [0.1, 0.15) is 60.3 Å². The summed E-state index contributed by atoms with van der Waals surface area (Å²) in [5.41, 5.74) is 2.42. The molecule has 0 radical (unpaired) electrons. The maximum absolute atomic E-state index is 13.0. The summed E-state index contributed by atoms with van der Waals surface area (Å²) in [6, 6.07) is 0. The van der Waals surface area contributed by atoms with Gasteiger partial charge in [0.15, 0.2) is 0 Å². The maximum Gasteiger partial charge on any atom is 0.272 e. The molecule has 0 aromatic carbocycles. The van der Waals surface area contributed by atoms with Gasteiger partial charge in [0.1, 0.15) is 12.0 Å². The van der Waals surface area contributed by atoms with Crippen molar-refractivity contribution >= 4 is 5.91 Å². The number of fused-ring (bicyclic) bond motifs is 1. The van der Waals surface area contributed by atoms with Crippen LogP contribution in [0.5, 0.6) is 0 Å². The first kappa shape index (κ1) is 17.9. The smallest absolute Gasteiger partial charge is 0.272 e. The van der Waals surface area contributed by atoms with E-state index in [2.05, 4.69) is 19.8 Å². The highest BCUT2D eigenvalue weighted by Crippen LogP contribution is 2.34. The number of likely N-dealkylation sites (tertiary alicyclic amines) is 2. The molecule has 0 spiro atoms. The molecule has 26 heavy (non-hydrogen) atoms. The molecular weight excluding hydrogens is 324 g/mol. The van der Waals surface area contributed by atoms with Crippen LogP contribution in [0.3, 0.4) is 0 Å². The minimum atomic E-state index is 0.101. The summed E-state index contributed by atoms with van der Waals surface area (Å²) in [6.07, 6.45) is 9.73. The molecule has 0 N–H and O–H groups in total. The zero-order chi connectivity index (χ0) is 18.1. The molecule has 2 saturated heterocycles. The Morgan fingerprint density at radius 2 is 1.69 bits per heavy atom. The van der Waals surface area contributed by atoms with Crippen molar-refractivity contribution in [3.63, 3.8) is 0 Å². The van der Waals surface area contributed by atoms with Crippen LogP contribution in [0.25, 0.3) is 0 Å². The second kappa shape index (κ2) is 7.63. The third kappa shape index (κ3) is 3.64. The van der Waals surface area contributed by atoms with E-state index in [0.29, 0.717) is 17.5 Å². The standard InChI is InChI=1S/C21H32N4O/c1-15-16(2)22-14-23-20(15)21(26)25-12-18-7-9-24(10-8-19(18)13-25)11-17-5-3-4-6-17/h14,17-19H,3-13H2,1-2H3/t18-,19+. The van der Waals surface area contributed by atoms with Gasteiger partial charge in [-0.15, -0.1) is 0 Å². The number of aromatic nitrogens is 2. The minimum Gasteiger partial charge on any atom is -0.337 e. The monoisotopic (exact) mass is 356 g/mol. The van der Waals surface area contributed by atoms with Crippen molar-refractivity contribution in [3.05, 3.63) is 23.3 Å². The van der Waals surface area contributed by atoms with Crippen molar-refractivity contribution in [2.45, 2.75) is 52.4 Å². The first-order chi connectivity index (χ1) is 12.6. The van der Waals surface area contributed by atoms with Crippen molar-refractivity contribution in [1.29, 1.82) is 0 Å². The molecule has 0 unspecified atom stereocenters. The van der Waals surface area contributed by atoms with E-state index in [1.807, 2.05) is 13.8 Å². The summed E-state index contributed by atoms with van der Waals surface area (Å²) in [6.45, 7) is 9.45. The van der Waals surface area contributed by atoms with Crippen LogP contribution in [0.15, 0.2) is 6.33 Å². The lowest BCUT2D eigenvalue weighted by atomic mass is 9.92. The Balaban J connectivity index is 1.36. The summed E-state index contributed by atoms with van der Waals surface area (Å²) in [5, 5.41) is 0. The lowest BCUT2D eigenvalue weighted by Crippen LogP contribution is -2.33. The van der Waals surface area contributed by atoms with Crippen molar-refractivity contribution in [3.8, 4) is 0 Å². The molecule has 0 bridgehead atoms. The van der Waals surface area contributed by atoms with Gasteiger partial charge in [0.05, 0.1) is 0 Å². The predicted octanol–water partition coefficient (Wildman–Crippen LogP) is 3.07. The molecule has 2 atom stereocenters. The lowest BCUT2D eigenvalue weighted by Gasteiger charge is -2.24. The van der Waals surface area contributed by atoms with Gasteiger partial charge in [-0.25, -0.2) is 9.97 Å². The Morgan fingerprint density at radius 3 is 2.35 bits per heavy atom. The van der Waals surface area contributed by atoms with E-state index in [-0.39, 0.29) is 5.91 Å². The van der Waals surface area contributed by atoms with Crippen LogP contribution < -0.4 is 0 Å². The number of aryl methyl sites for hydroxylation is 1. The fraction of sp³-hybridized carbons (Fsp3) is 0.762. The molecule has 4 rings (SSSR count). The van der Waals surface area contributed by atoms with Crippen molar-refractivity contribution < 1.29 is 4.79 Å². The van der Waals surface area contributed by atoms with Gasteiger partial charge in [-0.2, -0.15) is 0 Å². The molecular formula is C21H32N4O. The maximum atomic E-state index is 13.0. The first-order valence-electron chi connectivity index (χ1n) is 10.4. The topological polar surface area (TPSA) is 49.3 Å². The van der Waals surface area contributed by atoms with E-state index in [4.69, 9.17) is 0 Å². The van der Waals surface area contributed by atoms with E-state index >= 15 is 0 Å². The van der Waals surface area contributed by atoms with Crippen LogP contribution in [0, 0.1) is 31.6 Å². The number of carbonyl (C=O) groups excluding carboxylic acids is 1. The number of nitrogens with zero attached hydrogens (tertiary/aromatic N) is 4. The van der Waals surface area contributed by atoms with E-state index in [1.54, 1.807) is 0 Å². The zero-order valence-corrected chi connectivity index (χ0v) is 16.3. The fourth-order valence-electron chi connectivity index (χ4n) is 5.21. The van der Waals surface area contributed by atoms with Crippen LogP contribution in [-0.2, 0) is 0 Å². The van der Waals surface area contributed by atoms with Crippen LogP contribution >= 0.6 is 0 Å². The fourth-order valence-corrected chi connectivity index (χ4v) is 5.21. The second-order valence-corrected chi connectivity index (χ2v) is 8.69. The Hall–Kier alpha value is -1.49. The second-order valence-electron chi connectivity index (χ2n) is 8.69. The van der Waals surface area contributed by atoms with Gasteiger partial charge in [-0.1, -0.05) is 12.8 Å². The molecule has 2 aliphatic heterocycles. The highest BCUT2D eigenvalue weighted by molar-refractivity contribution is 5.94. The average Bonchev–Trinajstić information content (AvgIpc) is 3.25. The van der Waals surface area contributed by atoms with Crippen molar-refractivity contribution in [2.24, 2.45) is 17.8 Å². The zero-order valence-electron chi connectivity index (χ0n) is 16.3. The minimum absolute atomic E-state index is 0.101. The first-order valence-corrected chi connectivity index (χ1v) is 10.4. The molecule has 1 amide bonds. The molecule has 1 saturated carbocycles. The van der Waals surface area contributed by atoms with Gasteiger partial charge < -0.3 is 9.80 Å². The van der Waals surface area contributed by atoms with Gasteiger partial charge >= 0.3 is 0 Å². The third-order valence-electron chi connectivity index (χ3n) is 7.03. The van der Waals surface area contributed by atoms with E-state index < -0.39 is 0 Å². The summed E-state index contributed by atoms with van der Waals surface area (Å²) in [7, 11) is 0. The molecule has 142 valence electrons. The third-order valence-corrected chi connectivity index (χ3v) is 7.03. The van der Waals surface area contributed by atoms with Crippen molar-refractivity contribution in [2.75, 3.05) is 32.7 Å². The summed E-state index contributed by atoms with van der Waals surface area (Å²) in [5.74, 6) is 2.37. The molecule has 3 aliphatic rings. The van der Waals surface area contributed by atoms with Gasteiger partial charge in [-0.3, -0.25) is 4.79 Å². The number of rotatable bonds is 3. The molecule has 1 aromatic heterocycles. The van der Waals surface area contributed by atoms with Gasteiger partial charge in [0.25, 0.3) is 5.91 Å². The normalized spacial score (nSPS) is 27.5. The van der Waals surface area contributed by atoms with Gasteiger partial charge in [0, 0.05) is 30.9 Å². The Kier molecular flexibility index (Phi) is 5.25. The summed E-state index contributed by atoms with van der Waals surface area (Å²) < 4.78 is 0. The van der Waals surface area contributed by atoms with E-state index in [1.165, 1.54) is 64.5 Å². The molecule has 3 heterocycles. The summed E-state index contributed by atoms with van der Waals surface area (Å²) >= 11 is 0. The Morgan fingerprint density at radius 1 is 1.04 bits per heavy atom. The molecule has 5 nitrogen and oxygen atoms in total. The quantitative estimate of drug-likeness (QED) is 0.835. The van der Waals surface area contributed by atoms with E-state index in [9.17, 15) is 4.79 Å². The number of hydrogen-bond donors (Lipinski definition) is 0. The highest BCUT2D eigenvalue weighted by atomic mass is 16.2.